The molecule has 1 aromatic carbocycles. The van der Waals surface area contributed by atoms with Gasteiger partial charge in [0, 0.05) is 11.0 Å². The lowest BCUT2D eigenvalue weighted by Gasteiger charge is -2.04. The number of allylic oxidation sites excluding steroid dienone is 4. The van der Waals surface area contributed by atoms with Crippen molar-refractivity contribution >= 4 is 21.6 Å². The van der Waals surface area contributed by atoms with E-state index in [2.05, 4.69) is 6.58 Å². The highest BCUT2D eigenvalue weighted by atomic mass is 33.1. The van der Waals surface area contributed by atoms with E-state index in [9.17, 15) is 10.1 Å². The van der Waals surface area contributed by atoms with Gasteiger partial charge in [-0.15, -0.1) is 0 Å². The summed E-state index contributed by atoms with van der Waals surface area (Å²) in [6.45, 7) is 7.29. The molecule has 5 heteroatoms. The van der Waals surface area contributed by atoms with E-state index in [1.165, 1.54) is 33.7 Å². The Bertz CT molecular complexity index is 536. The molecule has 1 aromatic rings. The van der Waals surface area contributed by atoms with E-state index >= 15 is 0 Å². The first kappa shape index (κ1) is 15.6. The topological polar surface area (TPSA) is 43.1 Å². The van der Waals surface area contributed by atoms with Crippen molar-refractivity contribution in [3.05, 3.63) is 75.4 Å². The molecule has 0 amide bonds. The lowest BCUT2D eigenvalue weighted by atomic mass is 10.2. The van der Waals surface area contributed by atoms with Crippen LogP contribution in [0.1, 0.15) is 12.5 Å². The summed E-state index contributed by atoms with van der Waals surface area (Å²) >= 11 is 0. The molecule has 0 spiro atoms. The first-order chi connectivity index (χ1) is 9.06. The number of nitro groups is 1. The molecule has 0 radical (unpaired) electrons. The quantitative estimate of drug-likeness (QED) is 0.321. The van der Waals surface area contributed by atoms with Gasteiger partial charge in [-0.25, -0.2) is 0 Å². The van der Waals surface area contributed by atoms with E-state index in [0.717, 1.165) is 10.5 Å². The second-order valence-electron chi connectivity index (χ2n) is 3.73. The molecule has 0 unspecified atom stereocenters. The summed E-state index contributed by atoms with van der Waals surface area (Å²) in [5, 5.41) is 11.0. The number of aryl methyl sites for hydroxylation is 1. The van der Waals surface area contributed by atoms with Crippen molar-refractivity contribution in [2.75, 3.05) is 0 Å². The highest BCUT2D eigenvalue weighted by Crippen LogP contribution is 2.39. The maximum absolute atomic E-state index is 11.0. The average molecular weight is 293 g/mol. The minimum atomic E-state index is -0.374. The van der Waals surface area contributed by atoms with Gasteiger partial charge in [0.05, 0.1) is 9.83 Å². The van der Waals surface area contributed by atoms with Crippen LogP contribution in [0.15, 0.2) is 64.6 Å². The van der Waals surface area contributed by atoms with E-state index in [1.807, 2.05) is 31.2 Å². The first-order valence-corrected chi connectivity index (χ1v) is 7.75. The Kier molecular flexibility index (Phi) is 6.45. The van der Waals surface area contributed by atoms with Crippen molar-refractivity contribution in [3.63, 3.8) is 0 Å². The first-order valence-electron chi connectivity index (χ1n) is 5.60. The van der Waals surface area contributed by atoms with E-state index < -0.39 is 0 Å². The molecule has 0 atom stereocenters. The largest absolute Gasteiger partial charge is 0.279 e. The molecular formula is C14H15NO2S2. The summed E-state index contributed by atoms with van der Waals surface area (Å²) in [5.41, 5.74) is 1.27. The molecule has 0 bridgehead atoms. The van der Waals surface area contributed by atoms with Crippen LogP contribution in [0.3, 0.4) is 0 Å². The second-order valence-corrected chi connectivity index (χ2v) is 6.11. The van der Waals surface area contributed by atoms with Gasteiger partial charge in [0.1, 0.15) is 0 Å². The minimum Gasteiger partial charge on any atom is -0.258 e. The molecule has 3 nitrogen and oxygen atoms in total. The van der Waals surface area contributed by atoms with Gasteiger partial charge in [0.15, 0.2) is 0 Å². The van der Waals surface area contributed by atoms with Crippen molar-refractivity contribution < 1.29 is 4.92 Å². The molecular weight excluding hydrogens is 278 g/mol. The predicted molar refractivity (Wildman–Crippen MR) is 83.7 cm³/mol. The number of hydrogen-bond acceptors (Lipinski definition) is 4. The summed E-state index contributed by atoms with van der Waals surface area (Å²) in [7, 11) is 2.93. The van der Waals surface area contributed by atoms with Gasteiger partial charge < -0.3 is 0 Å². The van der Waals surface area contributed by atoms with Crippen LogP contribution >= 0.6 is 21.6 Å². The minimum absolute atomic E-state index is 0.103. The molecule has 100 valence electrons. The number of nitrogens with zero attached hydrogens (tertiary/aromatic N) is 1. The number of benzene rings is 1. The highest BCUT2D eigenvalue weighted by molar-refractivity contribution is 8.78. The van der Waals surface area contributed by atoms with Crippen LogP contribution in [0.4, 0.5) is 0 Å². The van der Waals surface area contributed by atoms with Gasteiger partial charge in [0.2, 0.25) is 0 Å². The van der Waals surface area contributed by atoms with Crippen LogP contribution in [-0.2, 0) is 0 Å². The fraction of sp³-hybridized carbons (Fsp3) is 0.143. The Labute approximate surface area is 121 Å². The molecule has 1 rings (SSSR count). The number of rotatable bonds is 6. The average Bonchev–Trinajstić information content (AvgIpc) is 2.38. The summed E-state index contributed by atoms with van der Waals surface area (Å²) in [6.07, 6.45) is 4.56. The molecule has 0 saturated heterocycles. The van der Waals surface area contributed by atoms with E-state index in [1.54, 1.807) is 13.0 Å². The SMILES string of the molecule is C=C/C=C\C(=C(/C)SSc1ccccc1C)[N+](=O)[O-]. The molecule has 0 saturated carbocycles. The Balaban J connectivity index is 2.84. The zero-order chi connectivity index (χ0) is 14.3. The summed E-state index contributed by atoms with van der Waals surface area (Å²) in [6, 6.07) is 7.96. The van der Waals surface area contributed by atoms with Crippen LogP contribution < -0.4 is 0 Å². The third-order valence-corrected chi connectivity index (χ3v) is 5.02. The Hall–Kier alpha value is -1.46. The summed E-state index contributed by atoms with van der Waals surface area (Å²) in [5.74, 6) is 0. The summed E-state index contributed by atoms with van der Waals surface area (Å²) < 4.78 is 0. The molecule has 0 aliphatic rings. The Morgan fingerprint density at radius 2 is 2.11 bits per heavy atom. The Morgan fingerprint density at radius 3 is 2.68 bits per heavy atom. The van der Waals surface area contributed by atoms with Gasteiger partial charge in [-0.1, -0.05) is 58.5 Å². The van der Waals surface area contributed by atoms with Gasteiger partial charge in [0.25, 0.3) is 5.70 Å². The molecule has 0 fully saturated rings. The highest BCUT2D eigenvalue weighted by Gasteiger charge is 2.12. The maximum atomic E-state index is 11.0. The molecule has 0 aromatic heterocycles. The molecule has 0 N–H and O–H groups in total. The fourth-order valence-electron chi connectivity index (χ4n) is 1.27. The predicted octanol–water partition coefficient (Wildman–Crippen LogP) is 4.99. The van der Waals surface area contributed by atoms with Crippen LogP contribution in [0, 0.1) is 17.0 Å². The van der Waals surface area contributed by atoms with Crippen molar-refractivity contribution in [3.8, 4) is 0 Å². The van der Waals surface area contributed by atoms with Crippen LogP contribution in [0.2, 0.25) is 0 Å². The second kappa shape index (κ2) is 7.86. The smallest absolute Gasteiger partial charge is 0.258 e. The monoisotopic (exact) mass is 293 g/mol. The third kappa shape index (κ3) is 4.96. The number of hydrogen-bond donors (Lipinski definition) is 0. The standard InChI is InChI=1S/C14H15NO2S2/c1-4-5-9-13(15(16)17)12(3)18-19-14-10-7-6-8-11(14)2/h4-10H,1H2,2-3H3/b9-5-,13-12-. The fourth-order valence-corrected chi connectivity index (χ4v) is 3.50. The molecule has 19 heavy (non-hydrogen) atoms. The van der Waals surface area contributed by atoms with E-state index in [0.29, 0.717) is 4.91 Å². The van der Waals surface area contributed by atoms with Crippen molar-refractivity contribution in [1.82, 2.24) is 0 Å². The van der Waals surface area contributed by atoms with Gasteiger partial charge in [-0.2, -0.15) is 0 Å². The van der Waals surface area contributed by atoms with Crippen LogP contribution in [0.5, 0.6) is 0 Å². The normalized spacial score (nSPS) is 12.3. The molecule has 0 aliphatic carbocycles. The lowest BCUT2D eigenvalue weighted by Crippen LogP contribution is -1.97. The van der Waals surface area contributed by atoms with Crippen molar-refractivity contribution in [2.45, 2.75) is 18.7 Å². The molecule has 0 aliphatic heterocycles. The maximum Gasteiger partial charge on any atom is 0.279 e. The van der Waals surface area contributed by atoms with Crippen molar-refractivity contribution in [2.24, 2.45) is 0 Å². The third-order valence-electron chi connectivity index (χ3n) is 2.30. The van der Waals surface area contributed by atoms with Crippen LogP contribution in [0.25, 0.3) is 0 Å². The Morgan fingerprint density at radius 1 is 1.42 bits per heavy atom. The van der Waals surface area contributed by atoms with E-state index in [-0.39, 0.29) is 10.6 Å². The lowest BCUT2D eigenvalue weighted by molar-refractivity contribution is -0.419. The molecule has 0 heterocycles. The zero-order valence-electron chi connectivity index (χ0n) is 10.8. The van der Waals surface area contributed by atoms with E-state index in [4.69, 9.17) is 0 Å². The zero-order valence-corrected chi connectivity index (χ0v) is 12.5. The van der Waals surface area contributed by atoms with Gasteiger partial charge >= 0.3 is 0 Å². The van der Waals surface area contributed by atoms with Gasteiger partial charge in [-0.3, -0.25) is 10.1 Å². The van der Waals surface area contributed by atoms with Crippen molar-refractivity contribution in [1.29, 1.82) is 0 Å². The summed E-state index contributed by atoms with van der Waals surface area (Å²) in [4.78, 5) is 12.4. The van der Waals surface area contributed by atoms with Gasteiger partial charge in [-0.05, 0) is 25.5 Å². The van der Waals surface area contributed by atoms with Crippen LogP contribution in [-0.4, -0.2) is 4.92 Å².